The molecule has 1 heterocycles. The van der Waals surface area contributed by atoms with Crippen molar-refractivity contribution in [3.8, 4) is 0 Å². The average Bonchev–Trinajstić information content (AvgIpc) is 3.00. The number of piperidine rings is 1. The van der Waals surface area contributed by atoms with Gasteiger partial charge in [0.15, 0.2) is 6.10 Å². The number of ether oxygens (including phenoxy) is 1. The predicted molar refractivity (Wildman–Crippen MR) is 65.0 cm³/mol. The van der Waals surface area contributed by atoms with Gasteiger partial charge in [0, 0.05) is 6.54 Å². The lowest BCUT2D eigenvalue weighted by Gasteiger charge is -2.39. The number of hydrogen-bond acceptors (Lipinski definition) is 3. The number of amides is 1. The fourth-order valence-electron chi connectivity index (χ4n) is 2.70. The molecule has 0 aromatic carbocycles. The van der Waals surface area contributed by atoms with Crippen molar-refractivity contribution < 1.29 is 27.8 Å². The number of aliphatic hydroxyl groups excluding tert-OH is 1. The molecule has 0 radical (unpaired) electrons. The average molecular weight is 295 g/mol. The Morgan fingerprint density at radius 2 is 1.85 bits per heavy atom. The molecule has 0 spiro atoms. The third-order valence-electron chi connectivity index (χ3n) is 3.77. The van der Waals surface area contributed by atoms with Gasteiger partial charge in [-0.3, -0.25) is 0 Å². The maximum atomic E-state index is 12.7. The maximum absolute atomic E-state index is 12.7. The summed E-state index contributed by atoms with van der Waals surface area (Å²) in [5.74, 6) is 0.440. The van der Waals surface area contributed by atoms with Crippen LogP contribution in [0.5, 0.6) is 0 Å². The van der Waals surface area contributed by atoms with Crippen molar-refractivity contribution in [3.05, 3.63) is 0 Å². The normalized spacial score (nSPS) is 31.6. The van der Waals surface area contributed by atoms with Crippen molar-refractivity contribution in [1.29, 1.82) is 0 Å². The van der Waals surface area contributed by atoms with E-state index >= 15 is 0 Å². The van der Waals surface area contributed by atoms with Crippen molar-refractivity contribution in [2.75, 3.05) is 6.54 Å². The van der Waals surface area contributed by atoms with Crippen LogP contribution in [0.4, 0.5) is 18.0 Å². The second kappa shape index (κ2) is 4.79. The van der Waals surface area contributed by atoms with Crippen LogP contribution in [0.25, 0.3) is 0 Å². The molecule has 0 aromatic rings. The number of likely N-dealkylation sites (tertiary alicyclic amines) is 1. The van der Waals surface area contributed by atoms with Crippen LogP contribution in [-0.4, -0.2) is 46.6 Å². The largest absolute Gasteiger partial charge is 0.444 e. The van der Waals surface area contributed by atoms with E-state index in [0.29, 0.717) is 0 Å². The van der Waals surface area contributed by atoms with Crippen LogP contribution in [0.1, 0.15) is 33.6 Å². The molecule has 116 valence electrons. The van der Waals surface area contributed by atoms with Crippen molar-refractivity contribution >= 4 is 6.09 Å². The molecule has 4 atom stereocenters. The topological polar surface area (TPSA) is 49.8 Å². The van der Waals surface area contributed by atoms with Crippen LogP contribution in [0.15, 0.2) is 0 Å². The van der Waals surface area contributed by atoms with E-state index < -0.39 is 30.0 Å². The monoisotopic (exact) mass is 295 g/mol. The quantitative estimate of drug-likeness (QED) is 0.809. The minimum absolute atomic E-state index is 0.185. The molecule has 1 N–H and O–H groups in total. The second-order valence-electron chi connectivity index (χ2n) is 6.68. The summed E-state index contributed by atoms with van der Waals surface area (Å²) in [6.07, 6.45) is -7.02. The summed E-state index contributed by atoms with van der Waals surface area (Å²) >= 11 is 0. The zero-order valence-electron chi connectivity index (χ0n) is 11.8. The second-order valence-corrected chi connectivity index (χ2v) is 6.68. The summed E-state index contributed by atoms with van der Waals surface area (Å²) in [6, 6.07) is -1.24. The van der Waals surface area contributed by atoms with Gasteiger partial charge in [-0.05, 0) is 45.4 Å². The minimum Gasteiger partial charge on any atom is -0.444 e. The van der Waals surface area contributed by atoms with Gasteiger partial charge in [-0.25, -0.2) is 4.79 Å². The Balaban J connectivity index is 2.12. The number of carbonyl (C=O) groups is 1. The molecule has 2 rings (SSSR count). The summed E-state index contributed by atoms with van der Waals surface area (Å²) in [4.78, 5) is 13.1. The third kappa shape index (κ3) is 3.37. The summed E-state index contributed by atoms with van der Waals surface area (Å²) in [7, 11) is 0. The molecule has 7 heteroatoms. The molecule has 1 saturated heterocycles. The number of aliphatic hydroxyl groups is 1. The first-order chi connectivity index (χ1) is 8.99. The number of halogens is 3. The van der Waals surface area contributed by atoms with Gasteiger partial charge in [0.2, 0.25) is 0 Å². The molecule has 0 aromatic heterocycles. The van der Waals surface area contributed by atoms with Crippen LogP contribution in [0.3, 0.4) is 0 Å². The zero-order chi connectivity index (χ0) is 15.3. The minimum atomic E-state index is -4.73. The van der Waals surface area contributed by atoms with E-state index in [4.69, 9.17) is 4.74 Å². The fraction of sp³-hybridized carbons (Fsp3) is 0.923. The highest BCUT2D eigenvalue weighted by atomic mass is 19.4. The Hall–Kier alpha value is -0.980. The number of carbonyl (C=O) groups excluding carboxylic acids is 1. The number of alkyl halides is 3. The molecule has 2 aliphatic rings. The van der Waals surface area contributed by atoms with E-state index in [9.17, 15) is 23.1 Å². The first-order valence-corrected chi connectivity index (χ1v) is 6.73. The Bertz CT molecular complexity index is 391. The van der Waals surface area contributed by atoms with E-state index in [1.54, 1.807) is 20.8 Å². The molecule has 2 fully saturated rings. The summed E-state index contributed by atoms with van der Waals surface area (Å²) in [5.41, 5.74) is -0.773. The van der Waals surface area contributed by atoms with E-state index in [2.05, 4.69) is 0 Å². The van der Waals surface area contributed by atoms with Crippen molar-refractivity contribution in [2.24, 2.45) is 11.8 Å². The van der Waals surface area contributed by atoms with Gasteiger partial charge in [0.05, 0.1) is 6.04 Å². The van der Waals surface area contributed by atoms with Gasteiger partial charge in [0.1, 0.15) is 5.60 Å². The lowest BCUT2D eigenvalue weighted by molar-refractivity contribution is -0.223. The van der Waals surface area contributed by atoms with Gasteiger partial charge in [-0.2, -0.15) is 13.2 Å². The number of hydrogen-bond donors (Lipinski definition) is 1. The van der Waals surface area contributed by atoms with Crippen molar-refractivity contribution in [3.63, 3.8) is 0 Å². The lowest BCUT2D eigenvalue weighted by Crippen LogP contribution is -2.55. The Labute approximate surface area is 115 Å². The van der Waals surface area contributed by atoms with Crippen LogP contribution >= 0.6 is 0 Å². The molecule has 1 aliphatic heterocycles. The van der Waals surface area contributed by atoms with Gasteiger partial charge in [-0.1, -0.05) is 0 Å². The Morgan fingerprint density at radius 1 is 1.25 bits per heavy atom. The van der Waals surface area contributed by atoms with E-state index in [-0.39, 0.29) is 24.8 Å². The molecular weight excluding hydrogens is 275 g/mol. The van der Waals surface area contributed by atoms with Crippen LogP contribution in [0.2, 0.25) is 0 Å². The molecular formula is C13H20F3NO3. The first-order valence-electron chi connectivity index (χ1n) is 6.73. The van der Waals surface area contributed by atoms with Crippen molar-refractivity contribution in [2.45, 2.75) is 57.5 Å². The summed E-state index contributed by atoms with van der Waals surface area (Å²) < 4.78 is 43.3. The van der Waals surface area contributed by atoms with Gasteiger partial charge < -0.3 is 14.7 Å². The summed E-state index contributed by atoms with van der Waals surface area (Å²) in [6.45, 7) is 5.20. The standard InChI is InChI=1S/C13H20F3NO3/c1-12(2,3)20-11(19)17-6-8-4-7(8)5-9(17)10(18)13(14,15)16/h7-10,18H,4-6H2,1-3H3/t7?,8?,9-,10?/m1/s1. The highest BCUT2D eigenvalue weighted by Gasteiger charge is 2.55. The lowest BCUT2D eigenvalue weighted by atomic mass is 9.97. The van der Waals surface area contributed by atoms with Gasteiger partial charge >= 0.3 is 12.3 Å². The molecule has 1 saturated carbocycles. The zero-order valence-corrected chi connectivity index (χ0v) is 11.8. The van der Waals surface area contributed by atoms with Gasteiger partial charge in [0.25, 0.3) is 0 Å². The predicted octanol–water partition coefficient (Wildman–Crippen LogP) is 2.56. The van der Waals surface area contributed by atoms with Crippen LogP contribution in [-0.2, 0) is 4.74 Å². The number of fused-ring (bicyclic) bond motifs is 1. The third-order valence-corrected chi connectivity index (χ3v) is 3.77. The smallest absolute Gasteiger partial charge is 0.416 e. The van der Waals surface area contributed by atoms with Crippen LogP contribution in [0, 0.1) is 11.8 Å². The molecule has 3 unspecified atom stereocenters. The fourth-order valence-corrected chi connectivity index (χ4v) is 2.70. The van der Waals surface area contributed by atoms with E-state index in [1.165, 1.54) is 0 Å². The molecule has 1 aliphatic carbocycles. The van der Waals surface area contributed by atoms with E-state index in [0.717, 1.165) is 11.3 Å². The maximum Gasteiger partial charge on any atom is 0.416 e. The summed E-state index contributed by atoms with van der Waals surface area (Å²) in [5, 5.41) is 9.49. The van der Waals surface area contributed by atoms with E-state index in [1.807, 2.05) is 0 Å². The number of nitrogens with zero attached hydrogens (tertiary/aromatic N) is 1. The molecule has 1 amide bonds. The van der Waals surface area contributed by atoms with Gasteiger partial charge in [-0.15, -0.1) is 0 Å². The Morgan fingerprint density at radius 3 is 2.35 bits per heavy atom. The molecule has 20 heavy (non-hydrogen) atoms. The number of rotatable bonds is 1. The first kappa shape index (κ1) is 15.4. The molecule has 4 nitrogen and oxygen atoms in total. The van der Waals surface area contributed by atoms with Crippen molar-refractivity contribution in [1.82, 2.24) is 4.90 Å². The highest BCUT2D eigenvalue weighted by molar-refractivity contribution is 5.69. The molecule has 0 bridgehead atoms. The SMILES string of the molecule is CC(C)(C)OC(=O)N1CC2CC2C[C@@H]1C(O)C(F)(F)F. The Kier molecular flexibility index (Phi) is 3.69. The highest BCUT2D eigenvalue weighted by Crippen LogP contribution is 2.49. The van der Waals surface area contributed by atoms with Crippen LogP contribution < -0.4 is 0 Å².